The van der Waals surface area contributed by atoms with Crippen LogP contribution in [-0.2, 0) is 16.0 Å². The van der Waals surface area contributed by atoms with Crippen molar-refractivity contribution in [2.75, 3.05) is 10.4 Å². The van der Waals surface area contributed by atoms with E-state index >= 15 is 0 Å². The Balaban J connectivity index is 1.47. The van der Waals surface area contributed by atoms with Gasteiger partial charge in [0.2, 0.25) is 10.3 Å². The van der Waals surface area contributed by atoms with Crippen molar-refractivity contribution in [2.45, 2.75) is 13.3 Å². The number of nitrogens with zero attached hydrogens (tertiary/aromatic N) is 5. The molecule has 1 aliphatic rings. The van der Waals surface area contributed by atoms with Crippen LogP contribution in [0.4, 0.5) is 10.3 Å². The molecule has 0 radical (unpaired) electrons. The van der Waals surface area contributed by atoms with Crippen molar-refractivity contribution in [3.8, 4) is 11.3 Å². The minimum atomic E-state index is -0.937. The number of hydrogen-bond donors (Lipinski definition) is 2. The Morgan fingerprint density at radius 2 is 1.74 bits per heavy atom. The number of aryl methyl sites for hydroxylation is 1. The van der Waals surface area contributed by atoms with Crippen LogP contribution in [0.15, 0.2) is 76.2 Å². The number of anilines is 2. The second-order valence-corrected chi connectivity index (χ2v) is 9.40. The second-order valence-electron chi connectivity index (χ2n) is 7.48. The van der Waals surface area contributed by atoms with Crippen LogP contribution in [0.3, 0.4) is 0 Å². The fourth-order valence-electron chi connectivity index (χ4n) is 3.40. The number of carbonyl (C=O) groups is 2. The Labute approximate surface area is 208 Å². The van der Waals surface area contributed by atoms with Gasteiger partial charge in [-0.25, -0.2) is 9.97 Å². The third kappa shape index (κ3) is 4.72. The van der Waals surface area contributed by atoms with Crippen molar-refractivity contribution in [1.29, 1.82) is 0 Å². The van der Waals surface area contributed by atoms with Crippen LogP contribution in [0.2, 0.25) is 0 Å². The fraction of sp³-hybridized carbons (Fsp3) is 0.0833. The van der Waals surface area contributed by atoms with Crippen LogP contribution in [-0.4, -0.2) is 38.4 Å². The van der Waals surface area contributed by atoms with Crippen LogP contribution in [0.1, 0.15) is 16.1 Å². The lowest BCUT2D eigenvalue weighted by Crippen LogP contribution is -2.28. The van der Waals surface area contributed by atoms with Gasteiger partial charge in [0.05, 0.1) is 17.8 Å². The average Bonchev–Trinajstić information content (AvgIpc) is 3.56. The van der Waals surface area contributed by atoms with Gasteiger partial charge in [-0.05, 0) is 6.92 Å². The highest BCUT2D eigenvalue weighted by Gasteiger charge is 2.36. The van der Waals surface area contributed by atoms with Crippen molar-refractivity contribution in [1.82, 2.24) is 9.97 Å². The molecule has 9 nitrogen and oxygen atoms in total. The molecule has 0 saturated heterocycles. The summed E-state index contributed by atoms with van der Waals surface area (Å²) < 4.78 is 0. The lowest BCUT2D eigenvalue weighted by Gasteiger charge is -2.06. The van der Waals surface area contributed by atoms with Crippen LogP contribution in [0.25, 0.3) is 11.3 Å². The van der Waals surface area contributed by atoms with E-state index in [4.69, 9.17) is 5.11 Å². The van der Waals surface area contributed by atoms with Gasteiger partial charge in [0.25, 0.3) is 0 Å². The number of thiazole rings is 2. The Kier molecular flexibility index (Phi) is 6.17. The molecule has 2 N–H and O–H groups in total. The molecule has 5 rings (SSSR count). The Hall–Kier alpha value is -4.22. The first-order valence-corrected chi connectivity index (χ1v) is 12.2. The number of nitrogens with one attached hydrogen (secondary N) is 1. The molecular weight excluding hydrogens is 484 g/mol. The van der Waals surface area contributed by atoms with Gasteiger partial charge in [-0.2, -0.15) is 15.2 Å². The lowest BCUT2D eigenvalue weighted by atomic mass is 10.1. The maximum Gasteiger partial charge on any atom is 0.308 e. The summed E-state index contributed by atoms with van der Waals surface area (Å²) in [4.78, 5) is 34.0. The van der Waals surface area contributed by atoms with E-state index in [0.29, 0.717) is 26.5 Å². The van der Waals surface area contributed by atoms with Crippen LogP contribution >= 0.6 is 22.7 Å². The van der Waals surface area contributed by atoms with E-state index in [1.165, 1.54) is 27.7 Å². The molecule has 35 heavy (non-hydrogen) atoms. The number of benzene rings is 2. The number of carbonyl (C=O) groups excluding carboxylic acids is 1. The van der Waals surface area contributed by atoms with Gasteiger partial charge in [0, 0.05) is 21.4 Å². The summed E-state index contributed by atoms with van der Waals surface area (Å²) in [5.41, 5.74) is 6.35. The predicted molar refractivity (Wildman–Crippen MR) is 137 cm³/mol. The van der Waals surface area contributed by atoms with Crippen molar-refractivity contribution in [2.24, 2.45) is 10.2 Å². The number of hydrogen-bond acceptors (Lipinski definition) is 9. The molecule has 1 amide bonds. The quantitative estimate of drug-likeness (QED) is 0.361. The largest absolute Gasteiger partial charge is 0.481 e. The maximum atomic E-state index is 13.4. The van der Waals surface area contributed by atoms with Crippen molar-refractivity contribution < 1.29 is 14.7 Å². The van der Waals surface area contributed by atoms with E-state index in [-0.39, 0.29) is 12.1 Å². The van der Waals surface area contributed by atoms with Crippen molar-refractivity contribution >= 4 is 56.2 Å². The maximum absolute atomic E-state index is 13.4. The molecule has 0 bridgehead atoms. The molecule has 0 spiro atoms. The molecule has 0 unspecified atom stereocenters. The Bertz CT molecular complexity index is 1460. The molecule has 1 aliphatic heterocycles. The molecule has 0 atom stereocenters. The monoisotopic (exact) mass is 502 g/mol. The van der Waals surface area contributed by atoms with Crippen LogP contribution in [0, 0.1) is 6.92 Å². The molecule has 0 aliphatic carbocycles. The second kappa shape index (κ2) is 9.57. The van der Waals surface area contributed by atoms with E-state index in [0.717, 1.165) is 16.8 Å². The average molecular weight is 503 g/mol. The SMILES string of the molecule is Cc1nc(N/N=C2\C(=O)N(c3nc(-c4ccccc4)cs3)N=C2c2ccccc2)sc1CC(=O)O. The van der Waals surface area contributed by atoms with Crippen molar-refractivity contribution in [3.63, 3.8) is 0 Å². The summed E-state index contributed by atoms with van der Waals surface area (Å²) in [7, 11) is 0. The summed E-state index contributed by atoms with van der Waals surface area (Å²) in [6.07, 6.45) is -0.126. The standard InChI is InChI=1S/C24H18N6O3S2/c1-14-18(12-19(31)32)35-23(25-14)28-27-21-20(16-10-6-3-7-11-16)29-30(22(21)33)24-26-17(13-34-24)15-8-4-2-5-9-15/h2-11,13H,12H2,1H3,(H,25,28)(H,31,32)/b27-21-. The van der Waals surface area contributed by atoms with Gasteiger partial charge in [-0.3, -0.25) is 15.0 Å². The van der Waals surface area contributed by atoms with Gasteiger partial charge in [0.1, 0.15) is 5.71 Å². The van der Waals surface area contributed by atoms with Gasteiger partial charge >= 0.3 is 11.9 Å². The minimum Gasteiger partial charge on any atom is -0.481 e. The smallest absolute Gasteiger partial charge is 0.308 e. The molecule has 11 heteroatoms. The third-order valence-electron chi connectivity index (χ3n) is 5.08. The Morgan fingerprint density at radius 1 is 1.06 bits per heavy atom. The highest BCUT2D eigenvalue weighted by atomic mass is 32.1. The fourth-order valence-corrected chi connectivity index (χ4v) is 5.08. The number of amides is 1. The topological polar surface area (TPSA) is 120 Å². The molecule has 3 heterocycles. The van der Waals surface area contributed by atoms with Crippen LogP contribution < -0.4 is 10.4 Å². The number of hydrazone groups is 2. The molecular formula is C24H18N6O3S2. The van der Waals surface area contributed by atoms with E-state index < -0.39 is 11.9 Å². The highest BCUT2D eigenvalue weighted by molar-refractivity contribution is 7.15. The number of carboxylic acid groups (broad SMARTS) is 1. The normalized spacial score (nSPS) is 14.4. The van der Waals surface area contributed by atoms with E-state index in [2.05, 4.69) is 25.6 Å². The first kappa shape index (κ1) is 22.6. The van der Waals surface area contributed by atoms with Gasteiger partial charge < -0.3 is 5.11 Å². The zero-order valence-electron chi connectivity index (χ0n) is 18.4. The molecule has 2 aromatic carbocycles. The predicted octanol–water partition coefficient (Wildman–Crippen LogP) is 4.42. The molecule has 174 valence electrons. The minimum absolute atomic E-state index is 0.111. The van der Waals surface area contributed by atoms with Crippen molar-refractivity contribution in [3.05, 3.63) is 82.2 Å². The molecule has 0 fully saturated rings. The molecule has 0 saturated carbocycles. The molecule has 4 aromatic rings. The summed E-state index contributed by atoms with van der Waals surface area (Å²) in [5, 5.41) is 21.9. The highest BCUT2D eigenvalue weighted by Crippen LogP contribution is 2.30. The van der Waals surface area contributed by atoms with E-state index in [9.17, 15) is 9.59 Å². The summed E-state index contributed by atoms with van der Waals surface area (Å²) in [6, 6.07) is 19.0. The first-order valence-electron chi connectivity index (χ1n) is 10.5. The van der Waals surface area contributed by atoms with Gasteiger partial charge in [-0.1, -0.05) is 72.0 Å². The van der Waals surface area contributed by atoms with Gasteiger partial charge in [-0.15, -0.1) is 11.3 Å². The first-order chi connectivity index (χ1) is 17.0. The summed E-state index contributed by atoms with van der Waals surface area (Å²) >= 11 is 2.50. The number of carboxylic acids is 1. The number of aliphatic carboxylic acids is 1. The van der Waals surface area contributed by atoms with Crippen LogP contribution in [0.5, 0.6) is 0 Å². The zero-order valence-corrected chi connectivity index (χ0v) is 20.0. The molecule has 2 aromatic heterocycles. The Morgan fingerprint density at radius 3 is 2.43 bits per heavy atom. The zero-order chi connectivity index (χ0) is 24.4. The third-order valence-corrected chi connectivity index (χ3v) is 6.96. The van der Waals surface area contributed by atoms with E-state index in [1.807, 2.05) is 66.0 Å². The van der Waals surface area contributed by atoms with E-state index in [1.54, 1.807) is 6.92 Å². The summed E-state index contributed by atoms with van der Waals surface area (Å²) in [5.74, 6) is -1.36. The number of rotatable bonds is 7. The number of aromatic nitrogens is 2. The van der Waals surface area contributed by atoms with Gasteiger partial charge in [0.15, 0.2) is 5.71 Å². The summed E-state index contributed by atoms with van der Waals surface area (Å²) in [6.45, 7) is 1.74. The lowest BCUT2D eigenvalue weighted by molar-refractivity contribution is -0.136.